The Balaban J connectivity index is 0. The Morgan fingerprint density at radius 3 is 1.44 bits per heavy atom. The average molecular weight is 456 g/mol. The van der Waals surface area contributed by atoms with Gasteiger partial charge in [0.25, 0.3) is 0 Å². The quantitative estimate of drug-likeness (QED) is 0.344. The monoisotopic (exact) mass is 454 g/mol. The molecule has 0 amide bonds. The van der Waals surface area contributed by atoms with Crippen LogP contribution in [0.15, 0.2) is 77.9 Å². The van der Waals surface area contributed by atoms with Crippen molar-refractivity contribution < 1.29 is 58.9 Å². The maximum Gasteiger partial charge on any atom is 4.00 e. The molecular weight excluding hydrogens is 430 g/mol. The molecule has 2 aromatic rings. The summed E-state index contributed by atoms with van der Waals surface area (Å²) < 4.78 is 0. The first-order chi connectivity index (χ1) is 10.9. The normalized spacial score (nSPS) is 13.0. The third-order valence-electron chi connectivity index (χ3n) is 4.91. The molecule has 4 heteroatoms. The standard InChI is InChI=1S/C23H25.3ClH.Ti/c1-22(2,3)20-15-16-21(17-20)23(4,18-11-7-5-8-12-18)19-13-9-6-10-14-19;;;;/h5-15H,16H2,1-4H3;3*1H;/q-1;;;;+4/p-3. The Kier molecular flexibility index (Phi) is 12.2. The molecule has 0 atom stereocenters. The molecule has 0 aliphatic heterocycles. The molecule has 0 heterocycles. The van der Waals surface area contributed by atoms with Crippen molar-refractivity contribution in [3.8, 4) is 0 Å². The number of rotatable bonds is 3. The Hall–Kier alpha value is -0.496. The molecule has 0 aromatic heterocycles. The van der Waals surface area contributed by atoms with Crippen molar-refractivity contribution in [2.45, 2.75) is 39.5 Å². The summed E-state index contributed by atoms with van der Waals surface area (Å²) >= 11 is 0. The van der Waals surface area contributed by atoms with Crippen molar-refractivity contribution in [3.63, 3.8) is 0 Å². The summed E-state index contributed by atoms with van der Waals surface area (Å²) in [7, 11) is 0. The predicted octanol–water partition coefficient (Wildman–Crippen LogP) is -2.89. The molecule has 142 valence electrons. The molecule has 0 spiro atoms. The van der Waals surface area contributed by atoms with E-state index in [9.17, 15) is 0 Å². The molecule has 0 fully saturated rings. The smallest absolute Gasteiger partial charge is 1.00 e. The summed E-state index contributed by atoms with van der Waals surface area (Å²) in [6.07, 6.45) is 7.07. The minimum atomic E-state index is -0.133. The van der Waals surface area contributed by atoms with E-state index >= 15 is 0 Å². The molecule has 0 nitrogen and oxygen atoms in total. The van der Waals surface area contributed by atoms with E-state index in [1.54, 1.807) is 0 Å². The fraction of sp³-hybridized carbons (Fsp3) is 0.304. The molecule has 3 rings (SSSR count). The van der Waals surface area contributed by atoms with Crippen LogP contribution in [0.2, 0.25) is 0 Å². The maximum absolute atomic E-state index is 3.75. The van der Waals surface area contributed by atoms with Crippen molar-refractivity contribution in [1.29, 1.82) is 0 Å². The number of benzene rings is 2. The average Bonchev–Trinajstić information content (AvgIpc) is 3.06. The van der Waals surface area contributed by atoms with Gasteiger partial charge in [-0.15, -0.1) is 0 Å². The predicted molar refractivity (Wildman–Crippen MR) is 98.2 cm³/mol. The van der Waals surface area contributed by atoms with E-state index in [0.29, 0.717) is 0 Å². The number of allylic oxidation sites excluding steroid dienone is 4. The van der Waals surface area contributed by atoms with Crippen molar-refractivity contribution in [2.75, 3.05) is 0 Å². The van der Waals surface area contributed by atoms with Gasteiger partial charge in [-0.3, -0.25) is 0 Å². The van der Waals surface area contributed by atoms with Gasteiger partial charge in [-0.25, -0.2) is 17.7 Å². The zero-order valence-corrected chi connectivity index (χ0v) is 20.0. The molecule has 0 N–H and O–H groups in total. The van der Waals surface area contributed by atoms with Gasteiger partial charge in [-0.2, -0.15) is 5.57 Å². The molecule has 27 heavy (non-hydrogen) atoms. The van der Waals surface area contributed by atoms with Crippen LogP contribution >= 0.6 is 0 Å². The molecule has 2 aromatic carbocycles. The van der Waals surface area contributed by atoms with E-state index in [1.165, 1.54) is 22.3 Å². The molecule has 1 aliphatic rings. The van der Waals surface area contributed by atoms with Gasteiger partial charge in [0.05, 0.1) is 0 Å². The molecule has 0 radical (unpaired) electrons. The Labute approximate surface area is 198 Å². The summed E-state index contributed by atoms with van der Waals surface area (Å²) in [5, 5.41) is 0. The Morgan fingerprint density at radius 2 is 1.11 bits per heavy atom. The number of hydrogen-bond acceptors (Lipinski definition) is 0. The Bertz CT molecular complexity index is 705. The van der Waals surface area contributed by atoms with Gasteiger partial charge in [-0.1, -0.05) is 87.9 Å². The summed E-state index contributed by atoms with van der Waals surface area (Å²) in [6, 6.07) is 21.6. The summed E-state index contributed by atoms with van der Waals surface area (Å²) in [5.41, 5.74) is 5.36. The van der Waals surface area contributed by atoms with Crippen LogP contribution in [0.4, 0.5) is 0 Å². The second kappa shape index (κ2) is 11.5. The van der Waals surface area contributed by atoms with Crippen LogP contribution in [0.3, 0.4) is 0 Å². The fourth-order valence-electron chi connectivity index (χ4n) is 3.35. The van der Waals surface area contributed by atoms with Gasteiger partial charge < -0.3 is 37.2 Å². The summed E-state index contributed by atoms with van der Waals surface area (Å²) in [6.45, 7) is 9.12. The maximum atomic E-state index is 3.75. The molecule has 0 saturated carbocycles. The van der Waals surface area contributed by atoms with E-state index in [2.05, 4.69) is 101 Å². The van der Waals surface area contributed by atoms with Crippen LogP contribution in [0.5, 0.6) is 0 Å². The van der Waals surface area contributed by atoms with E-state index < -0.39 is 0 Å². The van der Waals surface area contributed by atoms with Gasteiger partial charge in [-0.05, 0) is 23.5 Å². The molecular formula is C23H25Cl3Ti. The first-order valence-corrected chi connectivity index (χ1v) is 8.37. The van der Waals surface area contributed by atoms with E-state index in [4.69, 9.17) is 0 Å². The fourth-order valence-corrected chi connectivity index (χ4v) is 3.35. The minimum absolute atomic E-state index is 0. The van der Waals surface area contributed by atoms with Crippen molar-refractivity contribution in [3.05, 3.63) is 95.1 Å². The minimum Gasteiger partial charge on any atom is -1.00 e. The summed E-state index contributed by atoms with van der Waals surface area (Å²) in [5.74, 6) is 0. The van der Waals surface area contributed by atoms with Crippen LogP contribution in [-0.2, 0) is 27.1 Å². The first-order valence-electron chi connectivity index (χ1n) is 8.37. The Morgan fingerprint density at radius 1 is 0.704 bits per heavy atom. The van der Waals surface area contributed by atoms with Crippen LogP contribution in [-0.4, -0.2) is 0 Å². The van der Waals surface area contributed by atoms with Crippen LogP contribution in [0, 0.1) is 11.5 Å². The molecule has 1 aliphatic carbocycles. The van der Waals surface area contributed by atoms with E-state index in [1.807, 2.05) is 0 Å². The van der Waals surface area contributed by atoms with Crippen molar-refractivity contribution >= 4 is 0 Å². The zero-order valence-electron chi connectivity index (χ0n) is 16.2. The van der Waals surface area contributed by atoms with Gasteiger partial charge >= 0.3 is 21.7 Å². The van der Waals surface area contributed by atoms with Gasteiger partial charge in [0, 0.05) is 5.41 Å². The summed E-state index contributed by atoms with van der Waals surface area (Å²) in [4.78, 5) is 0. The van der Waals surface area contributed by atoms with Crippen LogP contribution < -0.4 is 37.2 Å². The number of hydrogen-bond donors (Lipinski definition) is 0. The van der Waals surface area contributed by atoms with Crippen LogP contribution in [0.1, 0.15) is 45.2 Å². The molecule has 0 bridgehead atoms. The van der Waals surface area contributed by atoms with Crippen molar-refractivity contribution in [1.82, 2.24) is 0 Å². The van der Waals surface area contributed by atoms with Gasteiger partial charge in [0.2, 0.25) is 0 Å². The van der Waals surface area contributed by atoms with E-state index in [0.717, 1.165) is 6.42 Å². The van der Waals surface area contributed by atoms with Gasteiger partial charge in [0.1, 0.15) is 0 Å². The van der Waals surface area contributed by atoms with Crippen LogP contribution in [0.25, 0.3) is 0 Å². The largest absolute Gasteiger partial charge is 4.00 e. The SMILES string of the molecule is CC(C)(C)C1=CCC(C(C)(c2ccccc2)c2ccccc2)=[C-]1.[Cl-].[Cl-].[Cl-].[Ti+4]. The second-order valence-electron chi connectivity index (χ2n) is 7.53. The third kappa shape index (κ3) is 5.99. The first kappa shape index (κ1) is 28.7. The molecule has 0 saturated heterocycles. The number of halogens is 3. The third-order valence-corrected chi connectivity index (χ3v) is 4.91. The second-order valence-corrected chi connectivity index (χ2v) is 7.53. The van der Waals surface area contributed by atoms with Gasteiger partial charge in [0.15, 0.2) is 0 Å². The molecule has 0 unspecified atom stereocenters. The topological polar surface area (TPSA) is 0 Å². The zero-order chi connectivity index (χ0) is 16.5. The van der Waals surface area contributed by atoms with Crippen molar-refractivity contribution in [2.24, 2.45) is 5.41 Å². The van der Waals surface area contributed by atoms with E-state index in [-0.39, 0.29) is 69.8 Å².